The van der Waals surface area contributed by atoms with Crippen molar-refractivity contribution in [3.05, 3.63) is 0 Å². The fraction of sp³-hybridized carbons (Fsp3) is 0.833. The highest BCUT2D eigenvalue weighted by Crippen LogP contribution is 2.37. The zero-order chi connectivity index (χ0) is 16.5. The second-order valence-corrected chi connectivity index (χ2v) is 8.16. The van der Waals surface area contributed by atoms with Crippen molar-refractivity contribution in [2.75, 3.05) is 23.0 Å². The van der Waals surface area contributed by atoms with Crippen LogP contribution in [-0.4, -0.2) is 55.7 Å². The predicted molar refractivity (Wildman–Crippen MR) is 102 cm³/mol. The third-order valence-corrected chi connectivity index (χ3v) is 6.40. The Labute approximate surface area is 151 Å². The summed E-state index contributed by atoms with van der Waals surface area (Å²) >= 11 is 18.4. The lowest BCUT2D eigenvalue weighted by atomic mass is 9.81. The summed E-state index contributed by atoms with van der Waals surface area (Å²) in [6.45, 7) is 0. The van der Waals surface area contributed by atoms with E-state index in [-0.39, 0.29) is 16.9 Å². The SMILES string of the molecule is O=C(O)CCSCC(CC(S)CS)(CC(S)CS)C(=O)O. The van der Waals surface area contributed by atoms with Gasteiger partial charge in [-0.2, -0.15) is 62.3 Å². The van der Waals surface area contributed by atoms with Crippen molar-refractivity contribution in [2.24, 2.45) is 5.41 Å². The van der Waals surface area contributed by atoms with E-state index in [4.69, 9.17) is 5.11 Å². The van der Waals surface area contributed by atoms with Crippen LogP contribution in [0, 0.1) is 5.41 Å². The number of rotatable bonds is 12. The maximum absolute atomic E-state index is 11.8. The summed E-state index contributed by atoms with van der Waals surface area (Å²) in [7, 11) is 0. The van der Waals surface area contributed by atoms with Crippen molar-refractivity contribution in [1.29, 1.82) is 0 Å². The summed E-state index contributed by atoms with van der Waals surface area (Å²) in [5, 5.41) is 18.0. The maximum atomic E-state index is 11.8. The van der Waals surface area contributed by atoms with Crippen molar-refractivity contribution in [3.8, 4) is 0 Å². The molecule has 124 valence electrons. The van der Waals surface area contributed by atoms with E-state index in [1.54, 1.807) is 0 Å². The first kappa shape index (κ1) is 21.7. The van der Waals surface area contributed by atoms with E-state index in [0.717, 1.165) is 0 Å². The minimum absolute atomic E-state index is 0.0219. The maximum Gasteiger partial charge on any atom is 0.310 e. The number of thiol groups is 4. The van der Waals surface area contributed by atoms with E-state index >= 15 is 0 Å². The summed E-state index contributed by atoms with van der Waals surface area (Å²) in [5.74, 6) is -0.0851. The normalized spacial score (nSPS) is 17.0. The molecule has 0 aromatic carbocycles. The minimum atomic E-state index is -0.979. The van der Waals surface area contributed by atoms with Gasteiger partial charge in [0.2, 0.25) is 0 Å². The Bertz CT molecular complexity index is 328. The van der Waals surface area contributed by atoms with Crippen LogP contribution in [0.4, 0.5) is 0 Å². The third-order valence-electron chi connectivity index (χ3n) is 2.97. The van der Waals surface area contributed by atoms with E-state index in [9.17, 15) is 14.7 Å². The fourth-order valence-corrected chi connectivity index (χ4v) is 4.07. The lowest BCUT2D eigenvalue weighted by Crippen LogP contribution is -2.39. The molecule has 9 heteroatoms. The molecule has 0 aliphatic rings. The highest BCUT2D eigenvalue weighted by Gasteiger charge is 2.40. The second kappa shape index (κ2) is 11.3. The van der Waals surface area contributed by atoms with Gasteiger partial charge in [-0.25, -0.2) is 0 Å². The Kier molecular flexibility index (Phi) is 11.6. The van der Waals surface area contributed by atoms with E-state index in [0.29, 0.717) is 35.9 Å². The minimum Gasteiger partial charge on any atom is -0.481 e. The van der Waals surface area contributed by atoms with Gasteiger partial charge < -0.3 is 10.2 Å². The number of carboxylic acids is 2. The van der Waals surface area contributed by atoms with E-state index < -0.39 is 17.4 Å². The summed E-state index contributed by atoms with van der Waals surface area (Å²) in [4.78, 5) is 22.3. The zero-order valence-electron chi connectivity index (χ0n) is 11.5. The van der Waals surface area contributed by atoms with E-state index in [2.05, 4.69) is 50.5 Å². The van der Waals surface area contributed by atoms with Crippen molar-refractivity contribution >= 4 is 74.2 Å². The number of carboxylic acid groups (broad SMARTS) is 2. The van der Waals surface area contributed by atoms with Crippen LogP contribution < -0.4 is 0 Å². The molecule has 0 radical (unpaired) electrons. The molecule has 2 unspecified atom stereocenters. The van der Waals surface area contributed by atoms with Crippen LogP contribution in [0.15, 0.2) is 0 Å². The highest BCUT2D eigenvalue weighted by molar-refractivity contribution is 7.99. The van der Waals surface area contributed by atoms with Crippen molar-refractivity contribution in [2.45, 2.75) is 29.8 Å². The van der Waals surface area contributed by atoms with Gasteiger partial charge >= 0.3 is 11.9 Å². The smallest absolute Gasteiger partial charge is 0.310 e. The topological polar surface area (TPSA) is 74.6 Å². The van der Waals surface area contributed by atoms with Gasteiger partial charge in [0.15, 0.2) is 0 Å². The molecule has 0 heterocycles. The molecule has 0 saturated carbocycles. The molecule has 0 rings (SSSR count). The number of hydrogen-bond donors (Lipinski definition) is 6. The van der Waals surface area contributed by atoms with Gasteiger partial charge in [-0.05, 0) is 12.8 Å². The highest BCUT2D eigenvalue weighted by atomic mass is 32.2. The Morgan fingerprint density at radius 2 is 1.52 bits per heavy atom. The molecule has 0 aromatic heterocycles. The van der Waals surface area contributed by atoms with Crippen LogP contribution in [0.2, 0.25) is 0 Å². The average molecular weight is 391 g/mol. The van der Waals surface area contributed by atoms with Gasteiger partial charge in [0, 0.05) is 33.5 Å². The molecule has 21 heavy (non-hydrogen) atoms. The molecule has 0 aliphatic carbocycles. The molecule has 0 aliphatic heterocycles. The number of carbonyl (C=O) groups is 2. The van der Waals surface area contributed by atoms with Crippen LogP contribution in [0.25, 0.3) is 0 Å². The molecular formula is C12H22O4S5. The second-order valence-electron chi connectivity index (χ2n) is 4.86. The third kappa shape index (κ3) is 8.78. The molecule has 0 aromatic rings. The van der Waals surface area contributed by atoms with Gasteiger partial charge in [0.05, 0.1) is 11.8 Å². The van der Waals surface area contributed by atoms with Crippen molar-refractivity contribution in [3.63, 3.8) is 0 Å². The Morgan fingerprint density at radius 1 is 1.05 bits per heavy atom. The Balaban J connectivity index is 4.90. The Morgan fingerprint density at radius 3 is 1.86 bits per heavy atom. The number of thioether (sulfide) groups is 1. The first-order chi connectivity index (χ1) is 9.77. The molecule has 4 nitrogen and oxygen atoms in total. The fourth-order valence-electron chi connectivity index (χ4n) is 1.90. The first-order valence-corrected chi connectivity index (χ1v) is 9.83. The molecule has 2 atom stereocenters. The van der Waals surface area contributed by atoms with Crippen LogP contribution >= 0.6 is 62.3 Å². The summed E-state index contributed by atoms with van der Waals surface area (Å²) in [5.41, 5.74) is -0.979. The largest absolute Gasteiger partial charge is 0.481 e. The molecule has 0 fully saturated rings. The van der Waals surface area contributed by atoms with Crippen LogP contribution in [0.1, 0.15) is 19.3 Å². The molecule has 0 bridgehead atoms. The molecule has 0 saturated heterocycles. The molecular weight excluding hydrogens is 368 g/mol. The van der Waals surface area contributed by atoms with Crippen molar-refractivity contribution < 1.29 is 19.8 Å². The van der Waals surface area contributed by atoms with Gasteiger partial charge in [-0.15, -0.1) is 0 Å². The first-order valence-electron chi connectivity index (χ1n) is 6.38. The van der Waals surface area contributed by atoms with Crippen LogP contribution in [0.3, 0.4) is 0 Å². The van der Waals surface area contributed by atoms with E-state index in [1.165, 1.54) is 11.8 Å². The molecule has 0 amide bonds. The van der Waals surface area contributed by atoms with Gasteiger partial charge in [0.1, 0.15) is 0 Å². The Hall–Kier alpha value is 0.690. The van der Waals surface area contributed by atoms with Gasteiger partial charge in [-0.3, -0.25) is 9.59 Å². The van der Waals surface area contributed by atoms with Crippen molar-refractivity contribution in [1.82, 2.24) is 0 Å². The predicted octanol–water partition coefficient (Wildman–Crippen LogP) is 2.50. The average Bonchev–Trinajstić information content (AvgIpc) is 2.42. The summed E-state index contributed by atoms with van der Waals surface area (Å²) in [6.07, 6.45) is 0.772. The molecule has 2 N–H and O–H groups in total. The zero-order valence-corrected chi connectivity index (χ0v) is 15.9. The van der Waals surface area contributed by atoms with Gasteiger partial charge in [-0.1, -0.05) is 0 Å². The lowest BCUT2D eigenvalue weighted by Gasteiger charge is -2.33. The number of aliphatic carboxylic acids is 2. The van der Waals surface area contributed by atoms with Crippen LogP contribution in [-0.2, 0) is 9.59 Å². The monoisotopic (exact) mass is 390 g/mol. The lowest BCUT2D eigenvalue weighted by molar-refractivity contribution is -0.148. The summed E-state index contributed by atoms with van der Waals surface area (Å²) < 4.78 is 0. The van der Waals surface area contributed by atoms with E-state index in [1.807, 2.05) is 0 Å². The summed E-state index contributed by atoms with van der Waals surface area (Å²) in [6, 6.07) is 0. The van der Waals surface area contributed by atoms with Crippen LogP contribution in [0.5, 0.6) is 0 Å². The standard InChI is InChI=1S/C12H22O4S5/c13-10(14)1-2-21-7-12(11(15)16,3-8(19)5-17)4-9(20)6-18/h8-9,17-20H,1-7H2,(H,13,14)(H,15,16). The quantitative estimate of drug-likeness (QED) is 0.228. The molecule has 0 spiro atoms. The van der Waals surface area contributed by atoms with Gasteiger partial charge in [0.25, 0.3) is 0 Å². The number of hydrogen-bond acceptors (Lipinski definition) is 7.